The number of halogens is 2. The van der Waals surface area contributed by atoms with Gasteiger partial charge in [-0.2, -0.15) is 8.78 Å². The number of nitrogens with one attached hydrogen (secondary N) is 1. The van der Waals surface area contributed by atoms with Crippen molar-refractivity contribution in [2.75, 3.05) is 0 Å². The maximum Gasteiger partial charge on any atom is 0.387 e. The van der Waals surface area contributed by atoms with Crippen LogP contribution >= 0.6 is 0 Å². The molecule has 0 fully saturated rings. The highest BCUT2D eigenvalue weighted by Crippen LogP contribution is 2.23. The maximum atomic E-state index is 12.2. The molecule has 1 aromatic carbocycles. The second-order valence-electron chi connectivity index (χ2n) is 5.16. The maximum absolute atomic E-state index is 12.2. The summed E-state index contributed by atoms with van der Waals surface area (Å²) >= 11 is 0. The molecular formula is C16H19F2NO2. The van der Waals surface area contributed by atoms with Gasteiger partial charge in [0, 0.05) is 5.92 Å². The van der Waals surface area contributed by atoms with Crippen LogP contribution in [0.5, 0.6) is 5.75 Å². The van der Waals surface area contributed by atoms with Gasteiger partial charge in [0.2, 0.25) is 5.91 Å². The molecule has 3 nitrogen and oxygen atoms in total. The second-order valence-corrected chi connectivity index (χ2v) is 5.16. The zero-order chi connectivity index (χ0) is 15.2. The van der Waals surface area contributed by atoms with Gasteiger partial charge in [0.15, 0.2) is 0 Å². The largest absolute Gasteiger partial charge is 0.435 e. The highest BCUT2D eigenvalue weighted by atomic mass is 19.3. The average molecular weight is 295 g/mol. The zero-order valence-corrected chi connectivity index (χ0v) is 11.9. The minimum atomic E-state index is -2.85. The van der Waals surface area contributed by atoms with E-state index in [4.69, 9.17) is 0 Å². The van der Waals surface area contributed by atoms with Crippen LogP contribution in [0.4, 0.5) is 8.78 Å². The predicted molar refractivity (Wildman–Crippen MR) is 76.1 cm³/mol. The molecule has 1 aliphatic carbocycles. The van der Waals surface area contributed by atoms with Crippen LogP contribution in [0, 0.1) is 5.92 Å². The van der Waals surface area contributed by atoms with E-state index < -0.39 is 6.61 Å². The Balaban J connectivity index is 1.97. The number of benzene rings is 1. The molecule has 1 aliphatic rings. The molecular weight excluding hydrogens is 276 g/mol. The van der Waals surface area contributed by atoms with Crippen molar-refractivity contribution in [3.63, 3.8) is 0 Å². The third-order valence-corrected chi connectivity index (χ3v) is 3.58. The summed E-state index contributed by atoms with van der Waals surface area (Å²) in [7, 11) is 0. The number of rotatable bonds is 5. The van der Waals surface area contributed by atoms with Crippen LogP contribution in [0.15, 0.2) is 36.4 Å². The van der Waals surface area contributed by atoms with Crippen molar-refractivity contribution in [2.45, 2.75) is 38.8 Å². The summed E-state index contributed by atoms with van der Waals surface area (Å²) < 4.78 is 28.8. The highest BCUT2D eigenvalue weighted by Gasteiger charge is 2.20. The van der Waals surface area contributed by atoms with Crippen LogP contribution in [0.25, 0.3) is 0 Å². The lowest BCUT2D eigenvalue weighted by Crippen LogP contribution is -2.33. The number of alkyl halides is 2. The molecule has 1 aromatic rings. The Morgan fingerprint density at radius 1 is 1.38 bits per heavy atom. The number of ether oxygens (including phenoxy) is 1. The van der Waals surface area contributed by atoms with E-state index in [-0.39, 0.29) is 23.6 Å². The first-order valence-electron chi connectivity index (χ1n) is 7.06. The van der Waals surface area contributed by atoms with Gasteiger partial charge in [0.25, 0.3) is 0 Å². The predicted octanol–water partition coefficient (Wildman–Crippen LogP) is 3.82. The fraction of sp³-hybridized carbons (Fsp3) is 0.438. The lowest BCUT2D eigenvalue weighted by atomic mass is 9.93. The topological polar surface area (TPSA) is 38.3 Å². The van der Waals surface area contributed by atoms with Crippen molar-refractivity contribution in [1.29, 1.82) is 0 Å². The fourth-order valence-electron chi connectivity index (χ4n) is 2.41. The minimum absolute atomic E-state index is 0.00190. The molecule has 0 radical (unpaired) electrons. The van der Waals surface area contributed by atoms with Crippen molar-refractivity contribution >= 4 is 5.91 Å². The third-order valence-electron chi connectivity index (χ3n) is 3.58. The molecule has 0 saturated carbocycles. The molecule has 1 amide bonds. The number of hydrogen-bond donors (Lipinski definition) is 1. The summed E-state index contributed by atoms with van der Waals surface area (Å²) in [6.07, 6.45) is 6.63. The SMILES string of the molecule is CC(NC(=O)C1CC=CCC1)c1cccc(OC(F)F)c1. The fourth-order valence-corrected chi connectivity index (χ4v) is 2.41. The first-order valence-corrected chi connectivity index (χ1v) is 7.06. The van der Waals surface area contributed by atoms with Crippen molar-refractivity contribution in [2.24, 2.45) is 5.92 Å². The molecule has 1 N–H and O–H groups in total. The first-order chi connectivity index (χ1) is 10.1. The van der Waals surface area contributed by atoms with Gasteiger partial charge < -0.3 is 10.1 Å². The zero-order valence-electron chi connectivity index (χ0n) is 11.9. The van der Waals surface area contributed by atoms with Gasteiger partial charge >= 0.3 is 6.61 Å². The van der Waals surface area contributed by atoms with Gasteiger partial charge in [0.05, 0.1) is 6.04 Å². The van der Waals surface area contributed by atoms with Gasteiger partial charge in [0.1, 0.15) is 5.75 Å². The van der Waals surface area contributed by atoms with Crippen molar-refractivity contribution in [1.82, 2.24) is 5.32 Å². The third kappa shape index (κ3) is 4.55. The normalized spacial score (nSPS) is 19.3. The van der Waals surface area contributed by atoms with Crippen LogP contribution in [0.1, 0.15) is 37.8 Å². The van der Waals surface area contributed by atoms with Gasteiger partial charge in [-0.05, 0) is 43.9 Å². The smallest absolute Gasteiger partial charge is 0.387 e. The quantitative estimate of drug-likeness (QED) is 0.839. The van der Waals surface area contributed by atoms with Crippen LogP contribution in [-0.4, -0.2) is 12.5 Å². The monoisotopic (exact) mass is 295 g/mol. The number of carbonyl (C=O) groups is 1. The summed E-state index contributed by atoms with van der Waals surface area (Å²) in [5.74, 6) is 0.106. The van der Waals surface area contributed by atoms with Crippen LogP contribution < -0.4 is 10.1 Å². The van der Waals surface area contributed by atoms with Gasteiger partial charge in [-0.15, -0.1) is 0 Å². The summed E-state index contributed by atoms with van der Waals surface area (Å²) in [6, 6.07) is 6.17. The van der Waals surface area contributed by atoms with Gasteiger partial charge in [-0.3, -0.25) is 4.79 Å². The molecule has 2 unspecified atom stereocenters. The van der Waals surface area contributed by atoms with E-state index in [0.29, 0.717) is 0 Å². The van der Waals surface area contributed by atoms with Crippen LogP contribution in [0.2, 0.25) is 0 Å². The van der Waals surface area contributed by atoms with Gasteiger partial charge in [-0.25, -0.2) is 0 Å². The van der Waals surface area contributed by atoms with E-state index >= 15 is 0 Å². The Bertz CT molecular complexity index is 517. The van der Waals surface area contributed by atoms with Gasteiger partial charge in [-0.1, -0.05) is 24.3 Å². The molecule has 5 heteroatoms. The molecule has 114 valence electrons. The van der Waals surface area contributed by atoms with Crippen LogP contribution in [-0.2, 0) is 4.79 Å². The molecule has 0 aromatic heterocycles. The van der Waals surface area contributed by atoms with E-state index in [1.807, 2.05) is 13.0 Å². The number of carbonyl (C=O) groups excluding carboxylic acids is 1. The molecule has 2 atom stereocenters. The number of amides is 1. The summed E-state index contributed by atoms with van der Waals surface area (Å²) in [5.41, 5.74) is 0.743. The molecule has 2 rings (SSSR count). The molecule has 0 aliphatic heterocycles. The molecule has 0 heterocycles. The Kier molecular flexibility index (Phi) is 5.31. The van der Waals surface area contributed by atoms with Crippen molar-refractivity contribution in [3.05, 3.63) is 42.0 Å². The van der Waals surface area contributed by atoms with E-state index in [1.54, 1.807) is 12.1 Å². The Labute approximate surface area is 123 Å². The van der Waals surface area contributed by atoms with E-state index in [2.05, 4.69) is 16.1 Å². The van der Waals surface area contributed by atoms with Crippen LogP contribution in [0.3, 0.4) is 0 Å². The number of allylic oxidation sites excluding steroid dienone is 2. The first kappa shape index (κ1) is 15.5. The average Bonchev–Trinajstić information content (AvgIpc) is 2.47. The Morgan fingerprint density at radius 3 is 2.86 bits per heavy atom. The lowest BCUT2D eigenvalue weighted by molar-refractivity contribution is -0.125. The summed E-state index contributed by atoms with van der Waals surface area (Å²) in [4.78, 5) is 12.1. The highest BCUT2D eigenvalue weighted by molar-refractivity contribution is 5.79. The van der Waals surface area contributed by atoms with E-state index in [1.165, 1.54) is 12.1 Å². The second kappa shape index (κ2) is 7.20. The molecule has 0 saturated heterocycles. The van der Waals surface area contributed by atoms with E-state index in [0.717, 1.165) is 24.8 Å². The Hall–Kier alpha value is -1.91. The standard InChI is InChI=1S/C16H19F2NO2/c1-11(19-15(20)12-6-3-2-4-7-12)13-8-5-9-14(10-13)21-16(17)18/h2-3,5,8-12,16H,4,6-7H2,1H3,(H,19,20). The summed E-state index contributed by atoms with van der Waals surface area (Å²) in [5, 5.41) is 2.93. The van der Waals surface area contributed by atoms with Crippen molar-refractivity contribution < 1.29 is 18.3 Å². The molecule has 0 spiro atoms. The van der Waals surface area contributed by atoms with Crippen molar-refractivity contribution in [3.8, 4) is 5.75 Å². The molecule has 0 bridgehead atoms. The minimum Gasteiger partial charge on any atom is -0.435 e. The number of hydrogen-bond acceptors (Lipinski definition) is 2. The molecule has 21 heavy (non-hydrogen) atoms. The summed E-state index contributed by atoms with van der Waals surface area (Å²) in [6.45, 7) is -1.02. The van der Waals surface area contributed by atoms with E-state index in [9.17, 15) is 13.6 Å². The Morgan fingerprint density at radius 2 is 2.19 bits per heavy atom. The lowest BCUT2D eigenvalue weighted by Gasteiger charge is -2.21.